The number of ether oxygens (including phenoxy) is 1. The van der Waals surface area contributed by atoms with E-state index in [0.717, 1.165) is 45.0 Å². The number of nitrogens with zero attached hydrogens (tertiary/aromatic N) is 3. The van der Waals surface area contributed by atoms with Gasteiger partial charge in [-0.25, -0.2) is 0 Å². The molecule has 0 atom stereocenters. The van der Waals surface area contributed by atoms with Crippen LogP contribution in [0.3, 0.4) is 0 Å². The van der Waals surface area contributed by atoms with Crippen LogP contribution in [0.5, 0.6) is 0 Å². The standard InChI is InChI=1S/C13H23N3O2/c1-4-17-9-11-5-7-16(8-6-11)13-14-12(10(2)3)15-18-13/h10-11H,4-9H2,1-3H3. The molecule has 1 aliphatic heterocycles. The topological polar surface area (TPSA) is 51.4 Å². The molecular weight excluding hydrogens is 230 g/mol. The first-order chi connectivity index (χ1) is 8.70. The van der Waals surface area contributed by atoms with Gasteiger partial charge in [0.1, 0.15) is 0 Å². The highest BCUT2D eigenvalue weighted by Crippen LogP contribution is 2.23. The van der Waals surface area contributed by atoms with Crippen LogP contribution in [-0.2, 0) is 4.74 Å². The molecule has 0 aromatic carbocycles. The summed E-state index contributed by atoms with van der Waals surface area (Å²) < 4.78 is 10.8. The third-order valence-corrected chi connectivity index (χ3v) is 3.39. The van der Waals surface area contributed by atoms with Crippen LogP contribution in [0.1, 0.15) is 45.4 Å². The average Bonchev–Trinajstić information content (AvgIpc) is 2.87. The Labute approximate surface area is 108 Å². The molecule has 0 radical (unpaired) electrons. The molecule has 1 fully saturated rings. The number of anilines is 1. The first kappa shape index (κ1) is 13.3. The van der Waals surface area contributed by atoms with Crippen molar-refractivity contribution < 1.29 is 9.26 Å². The van der Waals surface area contributed by atoms with Gasteiger partial charge in [0.05, 0.1) is 0 Å². The molecule has 18 heavy (non-hydrogen) atoms. The Morgan fingerprint density at radius 3 is 2.67 bits per heavy atom. The van der Waals surface area contributed by atoms with Gasteiger partial charge in [-0.2, -0.15) is 4.98 Å². The van der Waals surface area contributed by atoms with Gasteiger partial charge in [-0.1, -0.05) is 19.0 Å². The SMILES string of the molecule is CCOCC1CCN(c2nc(C(C)C)no2)CC1. The molecule has 1 saturated heterocycles. The first-order valence-corrected chi connectivity index (χ1v) is 6.87. The van der Waals surface area contributed by atoms with E-state index < -0.39 is 0 Å². The van der Waals surface area contributed by atoms with Crippen LogP contribution < -0.4 is 4.90 Å². The van der Waals surface area contributed by atoms with Gasteiger partial charge in [-0.15, -0.1) is 0 Å². The first-order valence-electron chi connectivity index (χ1n) is 6.87. The maximum atomic E-state index is 5.48. The molecule has 1 aromatic heterocycles. The van der Waals surface area contributed by atoms with Crippen molar-refractivity contribution in [3.05, 3.63) is 5.82 Å². The van der Waals surface area contributed by atoms with Gasteiger partial charge in [0.2, 0.25) is 0 Å². The largest absolute Gasteiger partial charge is 0.381 e. The van der Waals surface area contributed by atoms with E-state index in [1.807, 2.05) is 6.92 Å². The van der Waals surface area contributed by atoms with E-state index >= 15 is 0 Å². The highest BCUT2D eigenvalue weighted by molar-refractivity contribution is 5.26. The van der Waals surface area contributed by atoms with Crippen molar-refractivity contribution in [1.82, 2.24) is 10.1 Å². The normalized spacial score (nSPS) is 17.7. The van der Waals surface area contributed by atoms with Crippen molar-refractivity contribution in [3.63, 3.8) is 0 Å². The second-order valence-electron chi connectivity index (χ2n) is 5.18. The summed E-state index contributed by atoms with van der Waals surface area (Å²) >= 11 is 0. The quantitative estimate of drug-likeness (QED) is 0.806. The minimum Gasteiger partial charge on any atom is -0.381 e. The van der Waals surface area contributed by atoms with Crippen molar-refractivity contribution in [2.24, 2.45) is 5.92 Å². The van der Waals surface area contributed by atoms with Crippen molar-refractivity contribution in [1.29, 1.82) is 0 Å². The van der Waals surface area contributed by atoms with Crippen LogP contribution in [0.25, 0.3) is 0 Å². The Morgan fingerprint density at radius 1 is 1.39 bits per heavy atom. The Morgan fingerprint density at radius 2 is 2.11 bits per heavy atom. The predicted octanol–water partition coefficient (Wildman–Crippen LogP) is 2.45. The summed E-state index contributed by atoms with van der Waals surface area (Å²) in [6.07, 6.45) is 2.28. The van der Waals surface area contributed by atoms with E-state index in [4.69, 9.17) is 9.26 Å². The predicted molar refractivity (Wildman–Crippen MR) is 69.8 cm³/mol. The fourth-order valence-electron chi connectivity index (χ4n) is 2.16. The van der Waals surface area contributed by atoms with E-state index in [-0.39, 0.29) is 0 Å². The summed E-state index contributed by atoms with van der Waals surface area (Å²) in [5, 5.41) is 4.01. The van der Waals surface area contributed by atoms with Gasteiger partial charge in [0, 0.05) is 32.2 Å². The zero-order valence-corrected chi connectivity index (χ0v) is 11.6. The van der Waals surface area contributed by atoms with Gasteiger partial charge >= 0.3 is 6.01 Å². The van der Waals surface area contributed by atoms with E-state index in [1.165, 1.54) is 0 Å². The van der Waals surface area contributed by atoms with Gasteiger partial charge < -0.3 is 14.2 Å². The molecule has 0 bridgehead atoms. The highest BCUT2D eigenvalue weighted by Gasteiger charge is 2.23. The van der Waals surface area contributed by atoms with Crippen LogP contribution in [0.4, 0.5) is 6.01 Å². The third kappa shape index (κ3) is 3.22. The molecule has 2 heterocycles. The number of piperidine rings is 1. The third-order valence-electron chi connectivity index (χ3n) is 3.39. The molecule has 0 unspecified atom stereocenters. The minimum absolute atomic E-state index is 0.318. The van der Waals surface area contributed by atoms with E-state index in [0.29, 0.717) is 17.9 Å². The summed E-state index contributed by atoms with van der Waals surface area (Å²) in [6, 6.07) is 0.675. The molecule has 0 saturated carbocycles. The van der Waals surface area contributed by atoms with Crippen molar-refractivity contribution in [2.45, 2.75) is 39.5 Å². The lowest BCUT2D eigenvalue weighted by Gasteiger charge is -2.30. The lowest BCUT2D eigenvalue weighted by molar-refractivity contribution is 0.0999. The van der Waals surface area contributed by atoms with Crippen molar-refractivity contribution >= 4 is 6.01 Å². The van der Waals surface area contributed by atoms with Crippen molar-refractivity contribution in [3.8, 4) is 0 Å². The summed E-state index contributed by atoms with van der Waals surface area (Å²) in [5.74, 6) is 1.79. The number of hydrogen-bond acceptors (Lipinski definition) is 5. The molecule has 1 aromatic rings. The average molecular weight is 253 g/mol. The Balaban J connectivity index is 1.85. The molecule has 2 rings (SSSR count). The minimum atomic E-state index is 0.318. The lowest BCUT2D eigenvalue weighted by atomic mass is 9.98. The zero-order chi connectivity index (χ0) is 13.0. The maximum Gasteiger partial charge on any atom is 0.324 e. The number of rotatable bonds is 5. The van der Waals surface area contributed by atoms with Gasteiger partial charge in [-0.05, 0) is 25.7 Å². The van der Waals surface area contributed by atoms with Crippen LogP contribution in [0.15, 0.2) is 4.52 Å². The molecule has 5 heteroatoms. The van der Waals surface area contributed by atoms with Gasteiger partial charge in [-0.3, -0.25) is 0 Å². The molecule has 5 nitrogen and oxygen atoms in total. The molecule has 1 aliphatic rings. The summed E-state index contributed by atoms with van der Waals surface area (Å²) in [4.78, 5) is 6.62. The second-order valence-corrected chi connectivity index (χ2v) is 5.18. The van der Waals surface area contributed by atoms with Crippen LogP contribution in [0.2, 0.25) is 0 Å². The molecule has 102 valence electrons. The Bertz CT molecular complexity index is 357. The summed E-state index contributed by atoms with van der Waals surface area (Å²) in [6.45, 7) is 9.84. The Hall–Kier alpha value is -1.10. The molecule has 0 N–H and O–H groups in total. The van der Waals surface area contributed by atoms with Crippen LogP contribution >= 0.6 is 0 Å². The lowest BCUT2D eigenvalue weighted by Crippen LogP contribution is -2.35. The Kier molecular flexibility index (Phi) is 4.58. The summed E-state index contributed by atoms with van der Waals surface area (Å²) in [7, 11) is 0. The monoisotopic (exact) mass is 253 g/mol. The van der Waals surface area contributed by atoms with E-state index in [2.05, 4.69) is 28.9 Å². The maximum absolute atomic E-state index is 5.48. The number of hydrogen-bond donors (Lipinski definition) is 0. The number of aromatic nitrogens is 2. The molecule has 0 amide bonds. The highest BCUT2D eigenvalue weighted by atomic mass is 16.5. The van der Waals surface area contributed by atoms with Gasteiger partial charge in [0.15, 0.2) is 5.82 Å². The smallest absolute Gasteiger partial charge is 0.324 e. The summed E-state index contributed by atoms with van der Waals surface area (Å²) in [5.41, 5.74) is 0. The molecular formula is C13H23N3O2. The molecule has 0 aliphatic carbocycles. The van der Waals surface area contributed by atoms with E-state index in [9.17, 15) is 0 Å². The van der Waals surface area contributed by atoms with Crippen molar-refractivity contribution in [2.75, 3.05) is 31.2 Å². The van der Waals surface area contributed by atoms with E-state index in [1.54, 1.807) is 0 Å². The van der Waals surface area contributed by atoms with Crippen LogP contribution in [0, 0.1) is 5.92 Å². The van der Waals surface area contributed by atoms with Crippen LogP contribution in [-0.4, -0.2) is 36.4 Å². The molecule has 0 spiro atoms. The van der Waals surface area contributed by atoms with Gasteiger partial charge in [0.25, 0.3) is 0 Å². The fraction of sp³-hybridized carbons (Fsp3) is 0.846. The fourth-order valence-corrected chi connectivity index (χ4v) is 2.16. The zero-order valence-electron chi connectivity index (χ0n) is 11.6. The second kappa shape index (κ2) is 6.18.